The molecule has 4 rings (SSSR count). The second-order valence-corrected chi connectivity index (χ2v) is 7.60. The number of fused-ring (bicyclic) bond motifs is 1. The van der Waals surface area contributed by atoms with Crippen molar-refractivity contribution >= 4 is 23.0 Å². The molecule has 29 heavy (non-hydrogen) atoms. The van der Waals surface area contributed by atoms with Crippen LogP contribution in [0.2, 0.25) is 0 Å². The Kier molecular flexibility index (Phi) is 4.98. The van der Waals surface area contributed by atoms with Crippen LogP contribution in [0.5, 0.6) is 11.6 Å². The minimum absolute atomic E-state index is 0.504. The summed E-state index contributed by atoms with van der Waals surface area (Å²) in [5, 5.41) is 3.26. The summed E-state index contributed by atoms with van der Waals surface area (Å²) in [6.07, 6.45) is 0.844. The average Bonchev–Trinajstić information content (AvgIpc) is 2.66. The minimum atomic E-state index is 0.504. The first-order valence-electron chi connectivity index (χ1n) is 9.64. The molecule has 0 bridgehead atoms. The lowest BCUT2D eigenvalue weighted by molar-refractivity contribution is 0.301. The van der Waals surface area contributed by atoms with Crippen LogP contribution in [0.15, 0.2) is 36.4 Å². The van der Waals surface area contributed by atoms with Crippen molar-refractivity contribution in [2.45, 2.75) is 26.8 Å². The first-order valence-corrected chi connectivity index (χ1v) is 9.64. The summed E-state index contributed by atoms with van der Waals surface area (Å²) in [7, 11) is 2.09. The van der Waals surface area contributed by atoms with Gasteiger partial charge in [-0.2, -0.15) is 4.98 Å². The predicted molar refractivity (Wildman–Crippen MR) is 117 cm³/mol. The van der Waals surface area contributed by atoms with Gasteiger partial charge in [0.15, 0.2) is 0 Å². The van der Waals surface area contributed by atoms with E-state index >= 15 is 0 Å². The maximum absolute atomic E-state index is 6.34. The highest BCUT2D eigenvalue weighted by Gasteiger charge is 2.23. The number of hydrogen-bond acceptors (Lipinski definition) is 7. The van der Waals surface area contributed by atoms with E-state index in [1.807, 2.05) is 50.2 Å². The molecule has 1 aromatic heterocycles. The largest absolute Gasteiger partial charge is 0.438 e. The standard InChI is InChI=1S/C22H26N6O/c1-13-10-16(24)11-14(2)20(13)29-21-18-8-9-28(3)12-19(18)26-22(27-21)25-17-6-4-15(23)5-7-17/h4-7,10-11H,8-9,12,23-24H2,1-3H3,(H,25,26,27). The number of hydrogen-bond donors (Lipinski definition) is 3. The van der Waals surface area contributed by atoms with Crippen molar-refractivity contribution in [3.05, 3.63) is 58.8 Å². The fourth-order valence-corrected chi connectivity index (χ4v) is 3.60. The third-order valence-corrected chi connectivity index (χ3v) is 5.07. The first kappa shape index (κ1) is 19.0. The van der Waals surface area contributed by atoms with Gasteiger partial charge in [-0.05, 0) is 74.8 Å². The van der Waals surface area contributed by atoms with Gasteiger partial charge in [0.2, 0.25) is 11.8 Å². The molecule has 0 fully saturated rings. The molecule has 1 aliphatic rings. The second kappa shape index (κ2) is 7.60. The molecule has 0 aliphatic carbocycles. The fraction of sp³-hybridized carbons (Fsp3) is 0.273. The summed E-state index contributed by atoms with van der Waals surface area (Å²) in [4.78, 5) is 11.7. The van der Waals surface area contributed by atoms with E-state index in [0.717, 1.165) is 59.0 Å². The molecule has 7 heteroatoms. The third-order valence-electron chi connectivity index (χ3n) is 5.07. The van der Waals surface area contributed by atoms with E-state index in [0.29, 0.717) is 17.5 Å². The van der Waals surface area contributed by atoms with Crippen molar-refractivity contribution in [2.75, 3.05) is 30.4 Å². The molecule has 5 N–H and O–H groups in total. The molecule has 1 aliphatic heterocycles. The number of nitrogen functional groups attached to an aromatic ring is 2. The molecule has 0 unspecified atom stereocenters. The van der Waals surface area contributed by atoms with E-state index in [1.165, 1.54) is 0 Å². The van der Waals surface area contributed by atoms with Crippen LogP contribution in [-0.4, -0.2) is 28.5 Å². The van der Waals surface area contributed by atoms with Crippen LogP contribution in [0.4, 0.5) is 23.0 Å². The molecule has 7 nitrogen and oxygen atoms in total. The second-order valence-electron chi connectivity index (χ2n) is 7.60. The first-order chi connectivity index (χ1) is 13.9. The summed E-state index contributed by atoms with van der Waals surface area (Å²) < 4.78 is 6.34. The van der Waals surface area contributed by atoms with Gasteiger partial charge in [0, 0.05) is 35.7 Å². The molecule has 0 spiro atoms. The third kappa shape index (κ3) is 4.09. The van der Waals surface area contributed by atoms with Crippen molar-refractivity contribution in [1.82, 2.24) is 14.9 Å². The number of rotatable bonds is 4. The average molecular weight is 390 g/mol. The Morgan fingerprint density at radius 3 is 2.38 bits per heavy atom. The number of nitrogens with two attached hydrogens (primary N) is 2. The van der Waals surface area contributed by atoms with Crippen LogP contribution < -0.4 is 21.5 Å². The van der Waals surface area contributed by atoms with E-state index in [2.05, 4.69) is 17.3 Å². The van der Waals surface area contributed by atoms with Crippen molar-refractivity contribution in [3.63, 3.8) is 0 Å². The van der Waals surface area contributed by atoms with Gasteiger partial charge in [-0.15, -0.1) is 0 Å². The van der Waals surface area contributed by atoms with E-state index in [1.54, 1.807) is 0 Å². The molecule has 0 saturated carbocycles. The maximum Gasteiger partial charge on any atom is 0.230 e. The lowest BCUT2D eigenvalue weighted by Crippen LogP contribution is -2.28. The van der Waals surface area contributed by atoms with Gasteiger partial charge in [-0.1, -0.05) is 0 Å². The lowest BCUT2D eigenvalue weighted by Gasteiger charge is -2.26. The summed E-state index contributed by atoms with van der Waals surface area (Å²) >= 11 is 0. The Bertz CT molecular complexity index is 1020. The van der Waals surface area contributed by atoms with Gasteiger partial charge in [-0.25, -0.2) is 4.98 Å². The lowest BCUT2D eigenvalue weighted by atomic mass is 10.1. The van der Waals surface area contributed by atoms with E-state index in [9.17, 15) is 0 Å². The fourth-order valence-electron chi connectivity index (χ4n) is 3.60. The quantitative estimate of drug-likeness (QED) is 0.583. The smallest absolute Gasteiger partial charge is 0.230 e. The van der Waals surface area contributed by atoms with E-state index < -0.39 is 0 Å². The Morgan fingerprint density at radius 2 is 1.69 bits per heavy atom. The summed E-state index contributed by atoms with van der Waals surface area (Å²) in [5.74, 6) is 1.89. The van der Waals surface area contributed by atoms with Crippen molar-refractivity contribution < 1.29 is 4.74 Å². The van der Waals surface area contributed by atoms with Crippen molar-refractivity contribution in [1.29, 1.82) is 0 Å². The van der Waals surface area contributed by atoms with Gasteiger partial charge in [0.05, 0.1) is 5.69 Å². The molecule has 150 valence electrons. The number of aromatic nitrogens is 2. The topological polar surface area (TPSA) is 102 Å². The zero-order chi connectivity index (χ0) is 20.5. The van der Waals surface area contributed by atoms with E-state index in [4.69, 9.17) is 26.2 Å². The van der Waals surface area contributed by atoms with Crippen molar-refractivity contribution in [3.8, 4) is 11.6 Å². The molecular formula is C22H26N6O. The number of nitrogens with one attached hydrogen (secondary N) is 1. The summed E-state index contributed by atoms with van der Waals surface area (Å²) in [5.41, 5.74) is 18.1. The number of anilines is 4. The van der Waals surface area contributed by atoms with Crippen LogP contribution in [0.1, 0.15) is 22.4 Å². The predicted octanol–water partition coefficient (Wildman–Crippen LogP) is 3.78. The number of likely N-dealkylation sites (N-methyl/N-ethyl adjacent to an activating group) is 1. The van der Waals surface area contributed by atoms with Gasteiger partial charge in [-0.3, -0.25) is 0 Å². The SMILES string of the molecule is Cc1cc(N)cc(C)c1Oc1nc(Nc2ccc(N)cc2)nc2c1CCN(C)C2. The number of nitrogens with zero attached hydrogens (tertiary/aromatic N) is 3. The van der Waals surface area contributed by atoms with Crippen molar-refractivity contribution in [2.24, 2.45) is 0 Å². The highest BCUT2D eigenvalue weighted by Crippen LogP contribution is 2.34. The molecule has 0 atom stereocenters. The molecule has 3 aromatic rings. The van der Waals surface area contributed by atoms with Gasteiger partial charge in [0.25, 0.3) is 0 Å². The molecule has 2 aromatic carbocycles. The minimum Gasteiger partial charge on any atom is -0.438 e. The van der Waals surface area contributed by atoms with Crippen LogP contribution >= 0.6 is 0 Å². The maximum atomic E-state index is 6.34. The van der Waals surface area contributed by atoms with E-state index in [-0.39, 0.29) is 0 Å². The molecule has 2 heterocycles. The Hall–Kier alpha value is -3.32. The Morgan fingerprint density at radius 1 is 1.00 bits per heavy atom. The summed E-state index contributed by atoms with van der Waals surface area (Å²) in [6.45, 7) is 5.68. The molecule has 0 radical (unpaired) electrons. The van der Waals surface area contributed by atoms with Crippen LogP contribution in [-0.2, 0) is 13.0 Å². The zero-order valence-electron chi connectivity index (χ0n) is 17.0. The van der Waals surface area contributed by atoms with Crippen LogP contribution in [0, 0.1) is 13.8 Å². The van der Waals surface area contributed by atoms with Gasteiger partial charge in [0.1, 0.15) is 5.75 Å². The normalized spacial score (nSPS) is 13.8. The van der Waals surface area contributed by atoms with Crippen LogP contribution in [0.3, 0.4) is 0 Å². The van der Waals surface area contributed by atoms with Gasteiger partial charge >= 0.3 is 0 Å². The molecule has 0 amide bonds. The Balaban J connectivity index is 1.74. The van der Waals surface area contributed by atoms with Crippen LogP contribution in [0.25, 0.3) is 0 Å². The number of ether oxygens (including phenoxy) is 1. The zero-order valence-corrected chi connectivity index (χ0v) is 17.0. The monoisotopic (exact) mass is 390 g/mol. The number of benzene rings is 2. The number of aryl methyl sites for hydroxylation is 2. The highest BCUT2D eigenvalue weighted by atomic mass is 16.5. The molecule has 0 saturated heterocycles. The van der Waals surface area contributed by atoms with Gasteiger partial charge < -0.3 is 26.4 Å². The summed E-state index contributed by atoms with van der Waals surface area (Å²) in [6, 6.07) is 11.3. The highest BCUT2D eigenvalue weighted by molar-refractivity contribution is 5.59. The molecular weight excluding hydrogens is 364 g/mol. The Labute approximate surface area is 170 Å².